The number of rotatable bonds is 8. The molecule has 0 bridgehead atoms. The van der Waals surface area contributed by atoms with E-state index in [1.807, 2.05) is 49.6 Å². The molecule has 0 N–H and O–H groups in total. The number of benzene rings is 3. The number of piperazine rings is 1. The van der Waals surface area contributed by atoms with Crippen LogP contribution in [0.3, 0.4) is 0 Å². The van der Waals surface area contributed by atoms with Crippen LogP contribution < -0.4 is 4.90 Å². The first kappa shape index (κ1) is 30.8. The lowest BCUT2D eigenvalue weighted by Gasteiger charge is -2.36. The monoisotopic (exact) mass is 635 g/mol. The van der Waals surface area contributed by atoms with Crippen LogP contribution in [0.2, 0.25) is 0 Å². The van der Waals surface area contributed by atoms with Crippen molar-refractivity contribution in [2.45, 2.75) is 58.5 Å². The summed E-state index contributed by atoms with van der Waals surface area (Å²) in [6.07, 6.45) is 2.89. The van der Waals surface area contributed by atoms with Crippen LogP contribution in [0.4, 0.5) is 10.1 Å². The molecular weight excluding hydrogens is 597 g/mol. The van der Waals surface area contributed by atoms with Crippen molar-refractivity contribution >= 4 is 33.7 Å². The Labute approximate surface area is 272 Å². The Morgan fingerprint density at radius 3 is 2.51 bits per heavy atom. The number of hydrogen-bond donors (Lipinski definition) is 0. The quantitative estimate of drug-likeness (QED) is 0.206. The van der Waals surface area contributed by atoms with Gasteiger partial charge in [-0.25, -0.2) is 19.2 Å². The number of fused-ring (bicyclic) bond motifs is 2. The van der Waals surface area contributed by atoms with Crippen molar-refractivity contribution in [3.63, 3.8) is 0 Å². The van der Waals surface area contributed by atoms with Crippen LogP contribution in [0.15, 0.2) is 60.9 Å². The largest absolute Gasteiger partial charge is 0.456 e. The molecule has 0 unspecified atom stereocenters. The van der Waals surface area contributed by atoms with Crippen molar-refractivity contribution in [1.29, 1.82) is 5.26 Å². The van der Waals surface area contributed by atoms with Crippen molar-refractivity contribution in [1.82, 2.24) is 24.0 Å². The van der Waals surface area contributed by atoms with E-state index in [1.54, 1.807) is 24.5 Å². The summed E-state index contributed by atoms with van der Waals surface area (Å²) >= 11 is 0. The van der Waals surface area contributed by atoms with Gasteiger partial charge in [-0.1, -0.05) is 6.07 Å². The third-order valence-corrected chi connectivity index (χ3v) is 8.87. The molecule has 0 amide bonds. The summed E-state index contributed by atoms with van der Waals surface area (Å²) in [7, 11) is 0. The molecule has 3 aromatic carbocycles. The molecule has 242 valence electrons. The third-order valence-electron chi connectivity index (χ3n) is 8.87. The second-order valence-corrected chi connectivity index (χ2v) is 13.4. The zero-order chi connectivity index (χ0) is 32.7. The average Bonchev–Trinajstić information content (AvgIpc) is 3.59. The van der Waals surface area contributed by atoms with E-state index in [1.165, 1.54) is 6.07 Å². The van der Waals surface area contributed by atoms with Crippen molar-refractivity contribution in [2.75, 3.05) is 37.7 Å². The maximum atomic E-state index is 14.6. The molecule has 0 spiro atoms. The Balaban J connectivity index is 1.06. The van der Waals surface area contributed by atoms with Gasteiger partial charge in [-0.3, -0.25) is 4.90 Å². The molecule has 2 aliphatic heterocycles. The third kappa shape index (κ3) is 6.57. The molecule has 7 rings (SSSR count). The first-order valence-corrected chi connectivity index (χ1v) is 16.1. The van der Waals surface area contributed by atoms with Crippen LogP contribution in [-0.2, 0) is 29.1 Å². The number of esters is 1. The number of ether oxygens (including phenoxy) is 2. The fraction of sp³-hybridized carbons (Fsp3) is 0.389. The van der Waals surface area contributed by atoms with E-state index in [4.69, 9.17) is 19.7 Å². The zero-order valence-electron chi connectivity index (χ0n) is 26.9. The van der Waals surface area contributed by atoms with E-state index in [2.05, 4.69) is 31.5 Å². The van der Waals surface area contributed by atoms with Crippen LogP contribution in [0.5, 0.6) is 0 Å². The van der Waals surface area contributed by atoms with E-state index in [0.717, 1.165) is 72.8 Å². The van der Waals surface area contributed by atoms with Gasteiger partial charge in [0.05, 0.1) is 71.3 Å². The highest BCUT2D eigenvalue weighted by Gasteiger charge is 2.26. The first-order valence-electron chi connectivity index (χ1n) is 16.1. The van der Waals surface area contributed by atoms with Gasteiger partial charge in [-0.15, -0.1) is 0 Å². The smallest absolute Gasteiger partial charge is 0.338 e. The number of halogens is 1. The highest BCUT2D eigenvalue weighted by atomic mass is 19.1. The molecule has 0 aliphatic carbocycles. The predicted molar refractivity (Wildman–Crippen MR) is 177 cm³/mol. The molecule has 47 heavy (non-hydrogen) atoms. The lowest BCUT2D eigenvalue weighted by Crippen LogP contribution is -2.46. The molecule has 10 nitrogen and oxygen atoms in total. The summed E-state index contributed by atoms with van der Waals surface area (Å²) in [6.45, 7) is 11.5. The van der Waals surface area contributed by atoms with Crippen molar-refractivity contribution in [3.05, 3.63) is 89.3 Å². The number of nitriles is 1. The van der Waals surface area contributed by atoms with Gasteiger partial charge in [0.15, 0.2) is 0 Å². The molecule has 0 radical (unpaired) electrons. The van der Waals surface area contributed by atoms with Gasteiger partial charge < -0.3 is 23.5 Å². The Morgan fingerprint density at radius 2 is 1.81 bits per heavy atom. The van der Waals surface area contributed by atoms with E-state index in [0.29, 0.717) is 36.3 Å². The predicted octanol–water partition coefficient (Wildman–Crippen LogP) is 5.51. The van der Waals surface area contributed by atoms with Gasteiger partial charge in [-0.05, 0) is 75.7 Å². The Bertz CT molecular complexity index is 1990. The minimum Gasteiger partial charge on any atom is -0.456 e. The Kier molecular flexibility index (Phi) is 8.16. The minimum atomic E-state index is -0.572. The lowest BCUT2D eigenvalue weighted by molar-refractivity contribution is -0.0592. The van der Waals surface area contributed by atoms with E-state index >= 15 is 0 Å². The molecule has 11 heteroatoms. The Morgan fingerprint density at radius 1 is 1.02 bits per heavy atom. The fourth-order valence-corrected chi connectivity index (χ4v) is 6.25. The summed E-state index contributed by atoms with van der Waals surface area (Å²) in [4.78, 5) is 27.2. The summed E-state index contributed by atoms with van der Waals surface area (Å²) in [5, 5.41) is 9.07. The van der Waals surface area contributed by atoms with Crippen LogP contribution in [0.1, 0.15) is 54.5 Å². The maximum absolute atomic E-state index is 14.6. The molecular formula is C36H38FN7O3. The number of hydrogen-bond acceptors (Lipinski definition) is 8. The SMILES string of the molecule is CC(C)(C)OC(=O)c1ccc2nc(CN3CCN(c4ccc5ncn(Cc6ccc(C#N)cc6F)c5c4)CC3)n(C[C@@H]3CCO3)c2c1. The topological polar surface area (TPSA) is 101 Å². The van der Waals surface area contributed by atoms with Gasteiger partial charge in [0, 0.05) is 44.0 Å². The highest BCUT2D eigenvalue weighted by Crippen LogP contribution is 2.27. The number of carbonyl (C=O) groups excluding carboxylic acids is 1. The van der Waals surface area contributed by atoms with Gasteiger partial charge >= 0.3 is 5.97 Å². The second-order valence-electron chi connectivity index (χ2n) is 13.4. The van der Waals surface area contributed by atoms with Gasteiger partial charge in [0.1, 0.15) is 17.2 Å². The lowest BCUT2D eigenvalue weighted by atomic mass is 10.1. The average molecular weight is 636 g/mol. The van der Waals surface area contributed by atoms with Gasteiger partial charge in [0.2, 0.25) is 0 Å². The van der Waals surface area contributed by atoms with Crippen molar-refractivity contribution in [3.8, 4) is 6.07 Å². The van der Waals surface area contributed by atoms with Crippen LogP contribution in [-0.4, -0.2) is 74.5 Å². The van der Waals surface area contributed by atoms with E-state index < -0.39 is 11.4 Å². The van der Waals surface area contributed by atoms with Gasteiger partial charge in [-0.2, -0.15) is 5.26 Å². The van der Waals surface area contributed by atoms with Gasteiger partial charge in [0.25, 0.3) is 0 Å². The van der Waals surface area contributed by atoms with E-state index in [9.17, 15) is 9.18 Å². The van der Waals surface area contributed by atoms with E-state index in [-0.39, 0.29) is 12.1 Å². The standard InChI is InChI=1S/C36H38FN7O3/c1-36(2,3)47-35(45)25-6-8-31-33(17-25)44(21-28-10-15-46-28)34(40-31)22-41-11-13-42(14-12-41)27-7-9-30-32(18-27)43(23-39-30)20-26-5-4-24(19-38)16-29(26)37/h4-9,16-18,23,28H,10-15,20-22H2,1-3H3/t28-/m0/s1. The van der Waals surface area contributed by atoms with Crippen LogP contribution >= 0.6 is 0 Å². The fourth-order valence-electron chi connectivity index (χ4n) is 6.25. The van der Waals surface area contributed by atoms with Crippen LogP contribution in [0, 0.1) is 17.1 Å². The number of anilines is 1. The molecule has 2 saturated heterocycles. The normalized spacial score (nSPS) is 17.2. The van der Waals surface area contributed by atoms with Crippen LogP contribution in [0.25, 0.3) is 22.1 Å². The van der Waals surface area contributed by atoms with Crippen molar-refractivity contribution in [2.24, 2.45) is 0 Å². The minimum absolute atomic E-state index is 0.143. The zero-order valence-corrected chi connectivity index (χ0v) is 26.9. The summed E-state index contributed by atoms with van der Waals surface area (Å²) in [5.41, 5.74) is 5.43. The maximum Gasteiger partial charge on any atom is 0.338 e. The molecule has 5 aromatic rings. The molecule has 1 atom stereocenters. The first-order chi connectivity index (χ1) is 22.6. The molecule has 2 aromatic heterocycles. The molecule has 2 aliphatic rings. The molecule has 0 saturated carbocycles. The summed E-state index contributed by atoms with van der Waals surface area (Å²) in [5.74, 6) is 0.230. The highest BCUT2D eigenvalue weighted by molar-refractivity contribution is 5.94. The number of nitrogens with zero attached hydrogens (tertiary/aromatic N) is 7. The number of carbonyl (C=O) groups is 1. The Hall–Kier alpha value is -4.79. The summed E-state index contributed by atoms with van der Waals surface area (Å²) in [6, 6.07) is 18.4. The number of aromatic nitrogens is 4. The summed E-state index contributed by atoms with van der Waals surface area (Å²) < 4.78 is 30.2. The molecule has 2 fully saturated rings. The molecule has 4 heterocycles. The van der Waals surface area contributed by atoms with Crippen molar-refractivity contribution < 1.29 is 18.7 Å². The number of imidazole rings is 2. The second kappa shape index (κ2) is 12.4.